The Labute approximate surface area is 179 Å². The second-order valence-electron chi connectivity index (χ2n) is 6.54. The van der Waals surface area contributed by atoms with E-state index in [1.165, 1.54) is 28.4 Å². The van der Waals surface area contributed by atoms with E-state index in [-0.39, 0.29) is 12.1 Å². The first kappa shape index (κ1) is 20.4. The molecule has 0 saturated heterocycles. The normalized spacial score (nSPS) is 11.6. The Kier molecular flexibility index (Phi) is 5.49. The van der Waals surface area contributed by atoms with Crippen molar-refractivity contribution in [2.24, 2.45) is 0 Å². The molecule has 1 heterocycles. The van der Waals surface area contributed by atoms with Gasteiger partial charge in [-0.3, -0.25) is 9.69 Å². The van der Waals surface area contributed by atoms with Gasteiger partial charge in [-0.25, -0.2) is 4.98 Å². The molecule has 0 aliphatic heterocycles. The predicted octanol–water partition coefficient (Wildman–Crippen LogP) is 6.82. The number of carbonyl (C=O) groups is 1. The highest BCUT2D eigenvalue weighted by atomic mass is 35.5. The van der Waals surface area contributed by atoms with Gasteiger partial charge in [-0.05, 0) is 35.9 Å². The topological polar surface area (TPSA) is 33.2 Å². The average Bonchev–Trinajstić information content (AvgIpc) is 3.17. The van der Waals surface area contributed by atoms with Crippen LogP contribution in [-0.4, -0.2) is 10.9 Å². The van der Waals surface area contributed by atoms with Gasteiger partial charge in [0.2, 0.25) is 0 Å². The molecule has 0 fully saturated rings. The minimum atomic E-state index is -4.54. The van der Waals surface area contributed by atoms with Crippen molar-refractivity contribution in [2.75, 3.05) is 4.90 Å². The van der Waals surface area contributed by atoms with Crippen LogP contribution in [0, 0.1) is 0 Å². The number of aromatic nitrogens is 1. The van der Waals surface area contributed by atoms with Gasteiger partial charge in [-0.1, -0.05) is 65.4 Å². The highest BCUT2D eigenvalue weighted by Crippen LogP contribution is 2.35. The number of halogens is 4. The SMILES string of the molecule is O=C(c1cccc(C(F)(F)F)c1)N(Cc1ccccc1)c1nc2c(Cl)cccc2s1. The van der Waals surface area contributed by atoms with Crippen LogP contribution in [0.15, 0.2) is 72.8 Å². The monoisotopic (exact) mass is 446 g/mol. The van der Waals surface area contributed by atoms with Gasteiger partial charge in [0.1, 0.15) is 5.52 Å². The molecule has 1 amide bonds. The molecule has 30 heavy (non-hydrogen) atoms. The van der Waals surface area contributed by atoms with Crippen LogP contribution in [0.5, 0.6) is 0 Å². The Morgan fingerprint density at radius 3 is 2.43 bits per heavy atom. The van der Waals surface area contributed by atoms with Crippen LogP contribution >= 0.6 is 22.9 Å². The quantitative estimate of drug-likeness (QED) is 0.345. The molecule has 0 bridgehead atoms. The Morgan fingerprint density at radius 1 is 1.00 bits per heavy atom. The van der Waals surface area contributed by atoms with E-state index in [1.54, 1.807) is 12.1 Å². The molecule has 152 valence electrons. The minimum Gasteiger partial charge on any atom is -0.279 e. The summed E-state index contributed by atoms with van der Waals surface area (Å²) in [5.41, 5.74) is 0.434. The minimum absolute atomic E-state index is 0.0638. The summed E-state index contributed by atoms with van der Waals surface area (Å²) < 4.78 is 40.2. The third-order valence-corrected chi connectivity index (χ3v) is 5.80. The number of alkyl halides is 3. The van der Waals surface area contributed by atoms with Crippen molar-refractivity contribution in [3.8, 4) is 0 Å². The van der Waals surface area contributed by atoms with Crippen LogP contribution < -0.4 is 4.90 Å². The number of benzene rings is 3. The van der Waals surface area contributed by atoms with Gasteiger partial charge in [-0.15, -0.1) is 0 Å². The molecule has 1 aromatic heterocycles. The summed E-state index contributed by atoms with van der Waals surface area (Å²) in [7, 11) is 0. The number of carbonyl (C=O) groups excluding carboxylic acids is 1. The molecular weight excluding hydrogens is 433 g/mol. The molecule has 3 aromatic carbocycles. The summed E-state index contributed by atoms with van der Waals surface area (Å²) in [4.78, 5) is 19.2. The standard InChI is InChI=1S/C22H14ClF3N2OS/c23-17-10-5-11-18-19(17)27-21(30-18)28(13-14-6-2-1-3-7-14)20(29)15-8-4-9-16(12-15)22(24,25)26/h1-12H,13H2. The van der Waals surface area contributed by atoms with Crippen molar-refractivity contribution < 1.29 is 18.0 Å². The van der Waals surface area contributed by atoms with E-state index in [2.05, 4.69) is 4.98 Å². The van der Waals surface area contributed by atoms with Crippen molar-refractivity contribution in [2.45, 2.75) is 12.7 Å². The van der Waals surface area contributed by atoms with Crippen molar-refractivity contribution >= 4 is 44.2 Å². The second-order valence-corrected chi connectivity index (χ2v) is 7.95. The third kappa shape index (κ3) is 4.17. The fourth-order valence-electron chi connectivity index (χ4n) is 3.00. The van der Waals surface area contributed by atoms with E-state index < -0.39 is 17.6 Å². The maximum atomic E-state index is 13.3. The molecule has 0 radical (unpaired) electrons. The molecule has 0 N–H and O–H groups in total. The molecule has 0 spiro atoms. The molecule has 0 unspecified atom stereocenters. The molecule has 0 saturated carbocycles. The summed E-state index contributed by atoms with van der Waals surface area (Å²) in [5.74, 6) is -0.569. The highest BCUT2D eigenvalue weighted by molar-refractivity contribution is 7.22. The fraction of sp³-hybridized carbons (Fsp3) is 0.0909. The third-order valence-electron chi connectivity index (χ3n) is 4.45. The maximum absolute atomic E-state index is 13.3. The van der Waals surface area contributed by atoms with Crippen molar-refractivity contribution in [3.05, 3.63) is 94.5 Å². The maximum Gasteiger partial charge on any atom is 0.416 e. The van der Waals surface area contributed by atoms with Crippen LogP contribution in [0.1, 0.15) is 21.5 Å². The number of rotatable bonds is 4. The number of fused-ring (bicyclic) bond motifs is 1. The summed E-state index contributed by atoms with van der Waals surface area (Å²) in [6, 6.07) is 18.9. The van der Waals surface area contributed by atoms with E-state index in [4.69, 9.17) is 11.6 Å². The highest BCUT2D eigenvalue weighted by Gasteiger charge is 2.32. The van der Waals surface area contributed by atoms with E-state index in [1.807, 2.05) is 36.4 Å². The van der Waals surface area contributed by atoms with E-state index in [0.29, 0.717) is 15.7 Å². The number of thiazole rings is 1. The molecule has 0 aliphatic carbocycles. The van der Waals surface area contributed by atoms with Gasteiger partial charge in [0.15, 0.2) is 5.13 Å². The number of hydrogen-bond donors (Lipinski definition) is 0. The van der Waals surface area contributed by atoms with Gasteiger partial charge in [0, 0.05) is 5.56 Å². The van der Waals surface area contributed by atoms with Gasteiger partial charge in [0.05, 0.1) is 21.8 Å². The van der Waals surface area contributed by atoms with Crippen LogP contribution in [0.25, 0.3) is 10.2 Å². The molecule has 8 heteroatoms. The van der Waals surface area contributed by atoms with E-state index in [9.17, 15) is 18.0 Å². The number of hydrogen-bond acceptors (Lipinski definition) is 3. The first-order valence-corrected chi connectivity index (χ1v) is 10.1. The first-order valence-electron chi connectivity index (χ1n) is 8.91. The molecule has 0 atom stereocenters. The number of nitrogens with zero attached hydrogens (tertiary/aromatic N) is 2. The smallest absolute Gasteiger partial charge is 0.279 e. The number of anilines is 1. The number of para-hydroxylation sites is 1. The predicted molar refractivity (Wildman–Crippen MR) is 113 cm³/mol. The summed E-state index contributed by atoms with van der Waals surface area (Å²) in [5, 5.41) is 0.811. The van der Waals surface area contributed by atoms with Gasteiger partial charge in [0.25, 0.3) is 5.91 Å². The lowest BCUT2D eigenvalue weighted by molar-refractivity contribution is -0.137. The summed E-state index contributed by atoms with van der Waals surface area (Å²) in [6.07, 6.45) is -4.54. The Morgan fingerprint density at radius 2 is 1.73 bits per heavy atom. The molecular formula is C22H14ClF3N2OS. The van der Waals surface area contributed by atoms with Gasteiger partial charge >= 0.3 is 6.18 Å². The Hall–Kier alpha value is -2.90. The van der Waals surface area contributed by atoms with E-state index in [0.717, 1.165) is 22.4 Å². The Balaban J connectivity index is 1.78. The average molecular weight is 447 g/mol. The largest absolute Gasteiger partial charge is 0.416 e. The summed E-state index contributed by atoms with van der Waals surface area (Å²) >= 11 is 7.48. The number of amides is 1. The lowest BCUT2D eigenvalue weighted by Crippen LogP contribution is -2.30. The van der Waals surface area contributed by atoms with Crippen molar-refractivity contribution in [1.29, 1.82) is 0 Å². The van der Waals surface area contributed by atoms with Crippen molar-refractivity contribution in [3.63, 3.8) is 0 Å². The molecule has 4 aromatic rings. The second kappa shape index (κ2) is 8.08. The fourth-order valence-corrected chi connectivity index (χ4v) is 4.26. The van der Waals surface area contributed by atoms with Crippen molar-refractivity contribution in [1.82, 2.24) is 4.98 Å². The van der Waals surface area contributed by atoms with Crippen LogP contribution in [0.4, 0.5) is 18.3 Å². The zero-order valence-electron chi connectivity index (χ0n) is 15.4. The van der Waals surface area contributed by atoms with Gasteiger partial charge in [-0.2, -0.15) is 13.2 Å². The summed E-state index contributed by atoms with van der Waals surface area (Å²) in [6.45, 7) is 0.160. The van der Waals surface area contributed by atoms with E-state index >= 15 is 0 Å². The van der Waals surface area contributed by atoms with Crippen LogP contribution in [0.2, 0.25) is 5.02 Å². The zero-order valence-corrected chi connectivity index (χ0v) is 16.9. The molecule has 4 rings (SSSR count). The molecule has 0 aliphatic rings. The zero-order chi connectivity index (χ0) is 21.3. The van der Waals surface area contributed by atoms with Gasteiger partial charge < -0.3 is 0 Å². The molecule has 3 nitrogen and oxygen atoms in total. The Bertz CT molecular complexity index is 1210. The first-order chi connectivity index (χ1) is 14.3. The lowest BCUT2D eigenvalue weighted by Gasteiger charge is -2.20. The van der Waals surface area contributed by atoms with Crippen LogP contribution in [-0.2, 0) is 12.7 Å². The van der Waals surface area contributed by atoms with Crippen LogP contribution in [0.3, 0.4) is 0 Å². The lowest BCUT2D eigenvalue weighted by atomic mass is 10.1.